The molecule has 1 fully saturated rings. The first kappa shape index (κ1) is 38.9. The number of rotatable bonds is 7. The summed E-state index contributed by atoms with van der Waals surface area (Å²) in [5.41, 5.74) is -1.96. The fourth-order valence-corrected chi connectivity index (χ4v) is 5.65. The van der Waals surface area contributed by atoms with E-state index >= 15 is 0 Å². The predicted molar refractivity (Wildman–Crippen MR) is 183 cm³/mol. The van der Waals surface area contributed by atoms with Crippen LogP contribution in [0.5, 0.6) is 5.75 Å². The van der Waals surface area contributed by atoms with Gasteiger partial charge in [0.1, 0.15) is 28.5 Å². The zero-order chi connectivity index (χ0) is 35.7. The Kier molecular flexibility index (Phi) is 13.5. The van der Waals surface area contributed by atoms with E-state index in [1.165, 1.54) is 0 Å². The molecule has 0 spiro atoms. The molecule has 4 rings (SSSR count). The van der Waals surface area contributed by atoms with Crippen LogP contribution in [-0.2, 0) is 30.2 Å². The Morgan fingerprint density at radius 3 is 2.15 bits per heavy atom. The van der Waals surface area contributed by atoms with Gasteiger partial charge < -0.3 is 40.2 Å². The van der Waals surface area contributed by atoms with E-state index < -0.39 is 40.9 Å². The average molecular weight is 675 g/mol. The van der Waals surface area contributed by atoms with Gasteiger partial charge in [0.25, 0.3) is 0 Å². The molecular weight excluding hydrogens is 616 g/mol. The van der Waals surface area contributed by atoms with Crippen molar-refractivity contribution in [3.63, 3.8) is 0 Å². The van der Waals surface area contributed by atoms with E-state index in [1.807, 2.05) is 38.1 Å². The summed E-state index contributed by atoms with van der Waals surface area (Å²) in [6, 6.07) is 5.50. The summed E-state index contributed by atoms with van der Waals surface area (Å²) in [5.74, 6) is -0.0821. The van der Waals surface area contributed by atoms with Crippen molar-refractivity contribution in [2.45, 2.75) is 136 Å². The summed E-state index contributed by atoms with van der Waals surface area (Å²) in [6.45, 7) is 17.8. The van der Waals surface area contributed by atoms with Crippen molar-refractivity contribution in [2.24, 2.45) is 11.8 Å². The second-order valence-electron chi connectivity index (χ2n) is 15.7. The first-order valence-corrected chi connectivity index (χ1v) is 17.2. The SMILES string of the molecule is CC(C)C1COCCCCOc2ccc(cc2)CC(NC(=O)NC(C)(CC2CC(NC(=O)OC(C)(C)C)C2)C(=O)OC(C)(C)C)C(=O)N1. The Morgan fingerprint density at radius 2 is 1.54 bits per heavy atom. The lowest BCUT2D eigenvalue weighted by Crippen LogP contribution is -2.62. The predicted octanol–water partition coefficient (Wildman–Crippen LogP) is 5.02. The molecule has 1 saturated carbocycles. The molecule has 12 nitrogen and oxygen atoms in total. The van der Waals surface area contributed by atoms with Crippen LogP contribution in [0.4, 0.5) is 9.59 Å². The first-order valence-electron chi connectivity index (χ1n) is 17.2. The molecule has 1 aliphatic carbocycles. The number of carbonyl (C=O) groups excluding carboxylic acids is 4. The van der Waals surface area contributed by atoms with E-state index in [-0.39, 0.29) is 42.7 Å². The molecular formula is C36H58N4O8. The number of urea groups is 1. The highest BCUT2D eigenvalue weighted by Gasteiger charge is 2.44. The van der Waals surface area contributed by atoms with E-state index in [9.17, 15) is 19.2 Å². The van der Waals surface area contributed by atoms with Crippen molar-refractivity contribution in [1.82, 2.24) is 21.3 Å². The summed E-state index contributed by atoms with van der Waals surface area (Å²) in [5, 5.41) is 11.6. The second kappa shape index (κ2) is 16.7. The van der Waals surface area contributed by atoms with Gasteiger partial charge >= 0.3 is 18.1 Å². The van der Waals surface area contributed by atoms with Crippen LogP contribution in [0.25, 0.3) is 0 Å². The lowest BCUT2D eigenvalue weighted by atomic mass is 9.73. The standard InChI is InChI=1S/C36H58N4O8/c1-23(2)29-22-45-16-10-11-17-46-27-14-12-24(13-15-27)20-28(30(41)38-29)39-32(43)40-36(9,31(42)47-34(3,4)5)21-25-18-26(19-25)37-33(44)48-35(6,7)8/h12-15,23,25-26,28-29H,10-11,16-22H2,1-9H3,(H,37,44)(H,38,41)(H2,39,40,43). The van der Waals surface area contributed by atoms with Gasteiger partial charge in [-0.15, -0.1) is 0 Å². The molecule has 0 aromatic heterocycles. The molecule has 12 heteroatoms. The normalized spacial score (nSPS) is 23.8. The Morgan fingerprint density at radius 1 is 0.917 bits per heavy atom. The highest BCUT2D eigenvalue weighted by atomic mass is 16.6. The Labute approximate surface area is 286 Å². The maximum atomic E-state index is 13.7. The Balaban J connectivity index is 1.76. The van der Waals surface area contributed by atoms with Gasteiger partial charge in [0, 0.05) is 19.1 Å². The smallest absolute Gasteiger partial charge is 0.407 e. The molecule has 1 aromatic rings. The summed E-state index contributed by atoms with van der Waals surface area (Å²) < 4.78 is 22.8. The maximum absolute atomic E-state index is 13.7. The minimum atomic E-state index is -1.40. The number of fused-ring (bicyclic) bond motifs is 13. The summed E-state index contributed by atoms with van der Waals surface area (Å²) in [4.78, 5) is 53.2. The lowest BCUT2D eigenvalue weighted by molar-refractivity contribution is -0.163. The van der Waals surface area contributed by atoms with E-state index in [0.717, 1.165) is 24.2 Å². The summed E-state index contributed by atoms with van der Waals surface area (Å²) >= 11 is 0. The van der Waals surface area contributed by atoms with Crippen LogP contribution in [0, 0.1) is 11.8 Å². The molecule has 3 aliphatic rings. The maximum Gasteiger partial charge on any atom is 0.407 e. The third kappa shape index (κ3) is 13.2. The molecule has 2 heterocycles. The Hall–Kier alpha value is -3.54. The molecule has 4 N–H and O–H groups in total. The minimum Gasteiger partial charge on any atom is -0.494 e. The van der Waals surface area contributed by atoms with E-state index in [1.54, 1.807) is 48.5 Å². The van der Waals surface area contributed by atoms with Crippen molar-refractivity contribution >= 4 is 24.0 Å². The Bertz CT molecular complexity index is 1230. The average Bonchev–Trinajstić information content (AvgIpc) is 2.92. The zero-order valence-corrected chi connectivity index (χ0v) is 30.3. The van der Waals surface area contributed by atoms with Gasteiger partial charge in [-0.2, -0.15) is 0 Å². The van der Waals surface area contributed by atoms with E-state index in [4.69, 9.17) is 18.9 Å². The lowest BCUT2D eigenvalue weighted by Gasteiger charge is -2.41. The van der Waals surface area contributed by atoms with Gasteiger partial charge in [-0.25, -0.2) is 14.4 Å². The monoisotopic (exact) mass is 674 g/mol. The molecule has 2 bridgehead atoms. The number of hydrogen-bond donors (Lipinski definition) is 4. The number of nitrogens with one attached hydrogen (secondary N) is 4. The second-order valence-corrected chi connectivity index (χ2v) is 15.7. The minimum absolute atomic E-state index is 0.0289. The molecule has 2 aliphatic heterocycles. The van der Waals surface area contributed by atoms with Crippen LogP contribution < -0.4 is 26.0 Å². The number of amides is 4. The first-order chi connectivity index (χ1) is 22.3. The van der Waals surface area contributed by atoms with Gasteiger partial charge in [0.05, 0.1) is 19.3 Å². The van der Waals surface area contributed by atoms with Crippen molar-refractivity contribution in [2.75, 3.05) is 19.8 Å². The fraction of sp³-hybridized carbons (Fsp3) is 0.722. The molecule has 0 radical (unpaired) electrons. The largest absolute Gasteiger partial charge is 0.494 e. The van der Waals surface area contributed by atoms with Gasteiger partial charge in [-0.1, -0.05) is 26.0 Å². The molecule has 3 unspecified atom stereocenters. The fourth-order valence-electron chi connectivity index (χ4n) is 5.65. The highest BCUT2D eigenvalue weighted by Crippen LogP contribution is 2.35. The van der Waals surface area contributed by atoms with Gasteiger partial charge in [-0.3, -0.25) is 4.79 Å². The van der Waals surface area contributed by atoms with Crippen LogP contribution in [0.3, 0.4) is 0 Å². The van der Waals surface area contributed by atoms with E-state index in [2.05, 4.69) is 21.3 Å². The number of carbonyl (C=O) groups is 4. The third-order valence-corrected chi connectivity index (χ3v) is 8.26. The molecule has 1 aromatic carbocycles. The topological polar surface area (TPSA) is 153 Å². The van der Waals surface area contributed by atoms with Crippen LogP contribution >= 0.6 is 0 Å². The van der Waals surface area contributed by atoms with Gasteiger partial charge in [-0.05, 0) is 110 Å². The number of benzene rings is 1. The quantitative estimate of drug-likeness (QED) is 0.294. The number of hydrogen-bond acceptors (Lipinski definition) is 8. The van der Waals surface area contributed by atoms with E-state index in [0.29, 0.717) is 32.7 Å². The van der Waals surface area contributed by atoms with Crippen LogP contribution in [-0.4, -0.2) is 78.7 Å². The summed E-state index contributed by atoms with van der Waals surface area (Å²) in [6.07, 6.45) is 2.93. The highest BCUT2D eigenvalue weighted by molar-refractivity contribution is 5.91. The van der Waals surface area contributed by atoms with Crippen molar-refractivity contribution in [1.29, 1.82) is 0 Å². The molecule has 0 saturated heterocycles. The molecule has 3 atom stereocenters. The number of esters is 1. The van der Waals surface area contributed by atoms with Gasteiger partial charge in [0.15, 0.2) is 0 Å². The van der Waals surface area contributed by atoms with Crippen LogP contribution in [0.15, 0.2) is 24.3 Å². The number of alkyl carbamates (subject to hydrolysis) is 1. The molecule has 270 valence electrons. The number of ether oxygens (including phenoxy) is 4. The van der Waals surface area contributed by atoms with Crippen molar-refractivity contribution in [3.8, 4) is 5.75 Å². The summed E-state index contributed by atoms with van der Waals surface area (Å²) in [7, 11) is 0. The zero-order valence-electron chi connectivity index (χ0n) is 30.3. The molecule has 48 heavy (non-hydrogen) atoms. The van der Waals surface area contributed by atoms with Crippen LogP contribution in [0.2, 0.25) is 0 Å². The van der Waals surface area contributed by atoms with Crippen molar-refractivity contribution < 1.29 is 38.1 Å². The van der Waals surface area contributed by atoms with Gasteiger partial charge in [0.2, 0.25) is 5.91 Å². The third-order valence-electron chi connectivity index (χ3n) is 8.26. The molecule has 4 amide bonds. The van der Waals surface area contributed by atoms with Crippen molar-refractivity contribution in [3.05, 3.63) is 29.8 Å². The van der Waals surface area contributed by atoms with Crippen LogP contribution in [0.1, 0.15) is 100.0 Å².